The molecule has 1 fully saturated rings. The van der Waals surface area contributed by atoms with Gasteiger partial charge in [0.05, 0.1) is 0 Å². The Kier molecular flexibility index (Phi) is 4.67. The molecule has 1 rings (SSSR count). The lowest BCUT2D eigenvalue weighted by Gasteiger charge is -2.40. The Labute approximate surface area is 96.8 Å². The zero-order valence-corrected chi connectivity index (χ0v) is 11.3. The van der Waals surface area contributed by atoms with Gasteiger partial charge in [0.25, 0.3) is 0 Å². The van der Waals surface area contributed by atoms with Crippen LogP contribution in [-0.4, -0.2) is 0 Å². The highest BCUT2D eigenvalue weighted by Gasteiger charge is 2.32. The maximum atomic E-state index is 2.48. The van der Waals surface area contributed by atoms with Crippen LogP contribution in [0.3, 0.4) is 0 Å². The lowest BCUT2D eigenvalue weighted by molar-refractivity contribution is 0.109. The summed E-state index contributed by atoms with van der Waals surface area (Å²) in [7, 11) is 0. The second-order valence-electron chi connectivity index (χ2n) is 6.81. The van der Waals surface area contributed by atoms with Crippen molar-refractivity contribution in [3.8, 4) is 0 Å². The summed E-state index contributed by atoms with van der Waals surface area (Å²) < 4.78 is 0. The Morgan fingerprint density at radius 3 is 2.07 bits per heavy atom. The summed E-state index contributed by atoms with van der Waals surface area (Å²) in [5.41, 5.74) is 0.492. The summed E-state index contributed by atoms with van der Waals surface area (Å²) in [5.74, 6) is 2.75. The van der Waals surface area contributed by atoms with E-state index in [-0.39, 0.29) is 0 Å². The quantitative estimate of drug-likeness (QED) is 0.607. The highest BCUT2D eigenvalue weighted by molar-refractivity contribution is 4.86. The average Bonchev–Trinajstić information content (AvgIpc) is 2.14. The second-order valence-corrected chi connectivity index (χ2v) is 6.81. The molecule has 0 heteroatoms. The predicted molar refractivity (Wildman–Crippen MR) is 68.7 cm³/mol. The fraction of sp³-hybridized carbons (Fsp3) is 0.933. The van der Waals surface area contributed by atoms with E-state index in [1.54, 1.807) is 0 Å². The third kappa shape index (κ3) is 4.17. The minimum absolute atomic E-state index is 0.492. The summed E-state index contributed by atoms with van der Waals surface area (Å²) in [5, 5.41) is 0. The highest BCUT2D eigenvalue weighted by atomic mass is 14.4. The van der Waals surface area contributed by atoms with Gasteiger partial charge in [-0.3, -0.25) is 0 Å². The van der Waals surface area contributed by atoms with Gasteiger partial charge < -0.3 is 0 Å². The van der Waals surface area contributed by atoms with Gasteiger partial charge >= 0.3 is 0 Å². The molecule has 1 radical (unpaired) electrons. The van der Waals surface area contributed by atoms with Crippen molar-refractivity contribution < 1.29 is 0 Å². The van der Waals surface area contributed by atoms with Crippen molar-refractivity contribution in [3.63, 3.8) is 0 Å². The van der Waals surface area contributed by atoms with Crippen molar-refractivity contribution >= 4 is 0 Å². The molecule has 1 unspecified atom stereocenters. The van der Waals surface area contributed by atoms with Crippen LogP contribution in [0.5, 0.6) is 0 Å². The molecule has 0 aromatic heterocycles. The topological polar surface area (TPSA) is 0 Å². The van der Waals surface area contributed by atoms with Crippen LogP contribution < -0.4 is 0 Å². The van der Waals surface area contributed by atoms with Gasteiger partial charge in [-0.15, -0.1) is 0 Å². The Balaban J connectivity index is 2.61. The Morgan fingerprint density at radius 1 is 1.13 bits per heavy atom. The molecule has 1 atom stereocenters. The highest BCUT2D eigenvalue weighted by Crippen LogP contribution is 2.42. The Hall–Kier alpha value is 0. The van der Waals surface area contributed by atoms with Crippen molar-refractivity contribution in [3.05, 3.63) is 6.42 Å². The lowest BCUT2D eigenvalue weighted by atomic mass is 9.65. The van der Waals surface area contributed by atoms with Crippen LogP contribution >= 0.6 is 0 Å². The number of hydrogen-bond acceptors (Lipinski definition) is 0. The molecule has 0 aromatic carbocycles. The van der Waals surface area contributed by atoms with Crippen molar-refractivity contribution in [2.24, 2.45) is 23.2 Å². The molecule has 1 aliphatic carbocycles. The second kappa shape index (κ2) is 5.37. The van der Waals surface area contributed by atoms with E-state index in [0.717, 1.165) is 17.8 Å². The third-order valence-electron chi connectivity index (χ3n) is 3.89. The molecule has 0 amide bonds. The first-order valence-electron chi connectivity index (χ1n) is 6.73. The minimum Gasteiger partial charge on any atom is -0.0628 e. The van der Waals surface area contributed by atoms with Gasteiger partial charge in [-0.05, 0) is 61.7 Å². The first kappa shape index (κ1) is 13.1. The molecule has 0 saturated heterocycles. The van der Waals surface area contributed by atoms with Gasteiger partial charge in [-0.2, -0.15) is 0 Å². The molecule has 0 heterocycles. The predicted octanol–water partition coefficient (Wildman–Crippen LogP) is 5.09. The zero-order chi connectivity index (χ0) is 11.5. The Bertz CT molecular complexity index is 167. The van der Waals surface area contributed by atoms with Gasteiger partial charge in [0.1, 0.15) is 0 Å². The van der Waals surface area contributed by atoms with Gasteiger partial charge in [-0.1, -0.05) is 34.6 Å². The van der Waals surface area contributed by atoms with Crippen molar-refractivity contribution in [2.45, 2.75) is 66.7 Å². The molecule has 89 valence electrons. The molecule has 0 aliphatic heterocycles. The SMILES string of the molecule is CC(C)CC(C1CC[CH]CC1)C(C)(C)C. The van der Waals surface area contributed by atoms with Crippen LogP contribution in [0.15, 0.2) is 0 Å². The van der Waals surface area contributed by atoms with Crippen molar-refractivity contribution in [1.29, 1.82) is 0 Å². The molecule has 0 bridgehead atoms. The molecule has 1 saturated carbocycles. The molecular formula is C15H29. The molecular weight excluding hydrogens is 180 g/mol. The summed E-state index contributed by atoms with van der Waals surface area (Å²) in [6.07, 6.45) is 9.48. The van der Waals surface area contributed by atoms with Crippen LogP contribution in [0.2, 0.25) is 0 Å². The van der Waals surface area contributed by atoms with E-state index in [9.17, 15) is 0 Å². The number of rotatable bonds is 3. The van der Waals surface area contributed by atoms with Gasteiger partial charge in [0, 0.05) is 0 Å². The minimum atomic E-state index is 0.492. The van der Waals surface area contributed by atoms with E-state index >= 15 is 0 Å². The monoisotopic (exact) mass is 209 g/mol. The van der Waals surface area contributed by atoms with Crippen LogP contribution in [-0.2, 0) is 0 Å². The van der Waals surface area contributed by atoms with Crippen LogP contribution in [0.4, 0.5) is 0 Å². The molecule has 15 heavy (non-hydrogen) atoms. The van der Waals surface area contributed by atoms with E-state index in [4.69, 9.17) is 0 Å². The smallest absolute Gasteiger partial charge is 0.0335 e. The summed E-state index contributed by atoms with van der Waals surface area (Å²) in [6.45, 7) is 12.0. The molecule has 1 aliphatic rings. The Morgan fingerprint density at radius 2 is 1.67 bits per heavy atom. The van der Waals surface area contributed by atoms with Gasteiger partial charge in [0.15, 0.2) is 0 Å². The summed E-state index contributed by atoms with van der Waals surface area (Å²) in [4.78, 5) is 0. The van der Waals surface area contributed by atoms with E-state index < -0.39 is 0 Å². The largest absolute Gasteiger partial charge is 0.0628 e. The lowest BCUT2D eigenvalue weighted by Crippen LogP contribution is -2.31. The summed E-state index contributed by atoms with van der Waals surface area (Å²) in [6, 6.07) is 0. The van der Waals surface area contributed by atoms with Gasteiger partial charge in [0.2, 0.25) is 0 Å². The fourth-order valence-corrected chi connectivity index (χ4v) is 3.12. The van der Waals surface area contributed by atoms with Crippen LogP contribution in [0, 0.1) is 29.6 Å². The van der Waals surface area contributed by atoms with E-state index in [0.29, 0.717) is 5.41 Å². The maximum Gasteiger partial charge on any atom is -0.0335 e. The molecule has 0 aromatic rings. The van der Waals surface area contributed by atoms with E-state index in [1.165, 1.54) is 32.1 Å². The standard InChI is InChI=1S/C15H29/c1-12(2)11-14(15(3,4)5)13-9-7-6-8-10-13/h6,12-14H,7-11H2,1-5H3. The van der Waals surface area contributed by atoms with Crippen LogP contribution in [0.1, 0.15) is 66.7 Å². The van der Waals surface area contributed by atoms with Crippen molar-refractivity contribution in [1.82, 2.24) is 0 Å². The first-order chi connectivity index (χ1) is 6.91. The van der Waals surface area contributed by atoms with E-state index in [1.807, 2.05) is 0 Å². The third-order valence-corrected chi connectivity index (χ3v) is 3.89. The summed E-state index contributed by atoms with van der Waals surface area (Å²) >= 11 is 0. The van der Waals surface area contributed by atoms with Crippen molar-refractivity contribution in [2.75, 3.05) is 0 Å². The zero-order valence-electron chi connectivity index (χ0n) is 11.3. The van der Waals surface area contributed by atoms with Crippen LogP contribution in [0.25, 0.3) is 0 Å². The molecule has 0 spiro atoms. The van der Waals surface area contributed by atoms with E-state index in [2.05, 4.69) is 41.0 Å². The van der Waals surface area contributed by atoms with Gasteiger partial charge in [-0.25, -0.2) is 0 Å². The fourth-order valence-electron chi connectivity index (χ4n) is 3.12. The average molecular weight is 209 g/mol. The first-order valence-corrected chi connectivity index (χ1v) is 6.73. The maximum absolute atomic E-state index is 2.48. The normalized spacial score (nSPS) is 22.0. The molecule has 0 N–H and O–H groups in total. The number of hydrogen-bond donors (Lipinski definition) is 0. The molecule has 0 nitrogen and oxygen atoms in total.